The molecule has 13 heteroatoms. The average molecular weight is 446 g/mol. The van der Waals surface area contributed by atoms with E-state index in [9.17, 15) is 22.8 Å². The molecule has 0 saturated heterocycles. The van der Waals surface area contributed by atoms with Gasteiger partial charge in [0.1, 0.15) is 0 Å². The van der Waals surface area contributed by atoms with Crippen LogP contribution in [0.2, 0.25) is 5.02 Å². The fourth-order valence-corrected chi connectivity index (χ4v) is 2.79. The van der Waals surface area contributed by atoms with Gasteiger partial charge in [0, 0.05) is 13.1 Å². The number of hydrazine groups is 1. The number of benzene rings is 1. The molecule has 0 radical (unpaired) electrons. The third kappa shape index (κ3) is 4.71. The van der Waals surface area contributed by atoms with E-state index in [0.29, 0.717) is 0 Å². The monoisotopic (exact) mass is 445 g/mol. The maximum atomic E-state index is 12.8. The number of rotatable bonds is 4. The Morgan fingerprint density at radius 2 is 1.90 bits per heavy atom. The van der Waals surface area contributed by atoms with Crippen LogP contribution >= 0.6 is 11.6 Å². The fourth-order valence-electron chi connectivity index (χ4n) is 2.48. The molecule has 162 valence electrons. The highest BCUT2D eigenvalue weighted by atomic mass is 35.5. The van der Waals surface area contributed by atoms with Crippen LogP contribution in [-0.2, 0) is 12.7 Å². The zero-order chi connectivity index (χ0) is 22.6. The first-order valence-electron chi connectivity index (χ1n) is 8.64. The standard InChI is InChI=1S/C17H19ClF3N7O2/c1-3-27(23)16(25-22)24-14(29)13-12(18)11(15(30)28(4-2)26-13)9-5-7-10(8-6-9)17(19,20)21/h5-8H,3-4,22-23H2,1-2H3,(H,24,25,29). The molecule has 0 fully saturated rings. The highest BCUT2D eigenvalue weighted by molar-refractivity contribution is 6.36. The number of amides is 1. The second-order valence-corrected chi connectivity index (χ2v) is 6.30. The summed E-state index contributed by atoms with van der Waals surface area (Å²) in [5.41, 5.74) is -1.98. The van der Waals surface area contributed by atoms with Crippen molar-refractivity contribution in [2.24, 2.45) is 16.8 Å². The Morgan fingerprint density at radius 3 is 2.37 bits per heavy atom. The number of hydrogen-bond donors (Lipinski definition) is 3. The largest absolute Gasteiger partial charge is 0.416 e. The quantitative estimate of drug-likeness (QED) is 0.284. The number of alkyl halides is 3. The van der Waals surface area contributed by atoms with Crippen molar-refractivity contribution in [3.05, 3.63) is 50.9 Å². The Balaban J connectivity index is 2.58. The van der Waals surface area contributed by atoms with E-state index in [1.807, 2.05) is 0 Å². The molecule has 1 aromatic carbocycles. The van der Waals surface area contributed by atoms with Crippen molar-refractivity contribution >= 4 is 23.5 Å². The maximum absolute atomic E-state index is 12.8. The molecule has 0 unspecified atom stereocenters. The molecular formula is C17H19ClF3N7O2. The SMILES string of the molecule is CCN(N)C(=NN)NC(=O)c1nn(CC)c(=O)c(-c2ccc(C(F)(F)F)cc2)c1Cl. The Kier molecular flexibility index (Phi) is 7.05. The molecule has 2 rings (SSSR count). The van der Waals surface area contributed by atoms with Gasteiger partial charge in [0.15, 0.2) is 5.69 Å². The molecule has 0 aliphatic carbocycles. The minimum absolute atomic E-state index is 0.0831. The number of nitrogens with zero attached hydrogens (tertiary/aromatic N) is 4. The summed E-state index contributed by atoms with van der Waals surface area (Å²) in [7, 11) is 0. The van der Waals surface area contributed by atoms with Crippen molar-refractivity contribution in [1.82, 2.24) is 20.1 Å². The van der Waals surface area contributed by atoms with E-state index in [-0.39, 0.29) is 40.9 Å². The van der Waals surface area contributed by atoms with Gasteiger partial charge < -0.3 is 5.84 Å². The molecule has 2 aromatic rings. The lowest BCUT2D eigenvalue weighted by atomic mass is 10.0. The van der Waals surface area contributed by atoms with Gasteiger partial charge in [-0.15, -0.1) is 5.10 Å². The number of nitrogens with one attached hydrogen (secondary N) is 1. The van der Waals surface area contributed by atoms with E-state index in [1.165, 1.54) is 0 Å². The summed E-state index contributed by atoms with van der Waals surface area (Å²) in [6.45, 7) is 3.64. The number of guanidine groups is 1. The van der Waals surface area contributed by atoms with Gasteiger partial charge in [-0.3, -0.25) is 19.9 Å². The van der Waals surface area contributed by atoms with E-state index in [2.05, 4.69) is 15.5 Å². The number of halogens is 4. The first kappa shape index (κ1) is 23.2. The third-order valence-corrected chi connectivity index (χ3v) is 4.44. The van der Waals surface area contributed by atoms with Crippen LogP contribution < -0.4 is 22.6 Å². The maximum Gasteiger partial charge on any atom is 0.416 e. The van der Waals surface area contributed by atoms with Gasteiger partial charge >= 0.3 is 6.18 Å². The Labute approximate surface area is 174 Å². The molecule has 0 atom stereocenters. The molecule has 0 aliphatic rings. The van der Waals surface area contributed by atoms with Crippen molar-refractivity contribution < 1.29 is 18.0 Å². The van der Waals surface area contributed by atoms with Crippen LogP contribution in [0.25, 0.3) is 11.1 Å². The van der Waals surface area contributed by atoms with Crippen LogP contribution in [0.15, 0.2) is 34.2 Å². The van der Waals surface area contributed by atoms with Crippen molar-refractivity contribution in [2.45, 2.75) is 26.6 Å². The van der Waals surface area contributed by atoms with E-state index < -0.39 is 23.2 Å². The summed E-state index contributed by atoms with van der Waals surface area (Å²) in [4.78, 5) is 25.4. The Bertz CT molecular complexity index is 1020. The number of aromatic nitrogens is 2. The molecule has 0 aliphatic heterocycles. The summed E-state index contributed by atoms with van der Waals surface area (Å²) in [6, 6.07) is 3.82. The zero-order valence-corrected chi connectivity index (χ0v) is 16.8. The minimum atomic E-state index is -4.54. The number of nitrogens with two attached hydrogens (primary N) is 2. The smallest absolute Gasteiger partial charge is 0.320 e. The first-order chi connectivity index (χ1) is 14.0. The van der Waals surface area contributed by atoms with E-state index in [1.54, 1.807) is 13.8 Å². The molecule has 0 bridgehead atoms. The summed E-state index contributed by atoms with van der Waals surface area (Å²) in [5.74, 6) is 9.83. The molecular weight excluding hydrogens is 427 g/mol. The lowest BCUT2D eigenvalue weighted by Crippen LogP contribution is -2.49. The minimum Gasteiger partial charge on any atom is -0.320 e. The number of hydrazone groups is 1. The summed E-state index contributed by atoms with van der Waals surface area (Å²) < 4.78 is 39.5. The number of carbonyl (C=O) groups excluding carboxylic acids is 1. The van der Waals surface area contributed by atoms with E-state index >= 15 is 0 Å². The van der Waals surface area contributed by atoms with E-state index in [4.69, 9.17) is 23.3 Å². The van der Waals surface area contributed by atoms with Gasteiger partial charge in [0.05, 0.1) is 16.1 Å². The molecule has 1 heterocycles. The Morgan fingerprint density at radius 1 is 1.30 bits per heavy atom. The topological polar surface area (TPSA) is 132 Å². The van der Waals surface area contributed by atoms with Crippen LogP contribution in [0.1, 0.15) is 29.9 Å². The van der Waals surface area contributed by atoms with Gasteiger partial charge in [-0.1, -0.05) is 23.7 Å². The van der Waals surface area contributed by atoms with Gasteiger partial charge in [-0.05, 0) is 31.5 Å². The van der Waals surface area contributed by atoms with Crippen LogP contribution in [-0.4, -0.2) is 33.2 Å². The van der Waals surface area contributed by atoms with Crippen molar-refractivity contribution in [3.8, 4) is 11.1 Å². The molecule has 1 aromatic heterocycles. The first-order valence-corrected chi connectivity index (χ1v) is 9.02. The van der Waals surface area contributed by atoms with Crippen LogP contribution in [0.4, 0.5) is 13.2 Å². The van der Waals surface area contributed by atoms with Crippen LogP contribution in [0.3, 0.4) is 0 Å². The highest BCUT2D eigenvalue weighted by Crippen LogP contribution is 2.32. The van der Waals surface area contributed by atoms with Crippen molar-refractivity contribution in [2.75, 3.05) is 6.54 Å². The van der Waals surface area contributed by atoms with Crippen LogP contribution in [0.5, 0.6) is 0 Å². The molecule has 0 spiro atoms. The second-order valence-electron chi connectivity index (χ2n) is 5.93. The lowest BCUT2D eigenvalue weighted by Gasteiger charge is -2.18. The molecule has 30 heavy (non-hydrogen) atoms. The molecule has 0 saturated carbocycles. The van der Waals surface area contributed by atoms with Crippen LogP contribution in [0, 0.1) is 0 Å². The number of aryl methyl sites for hydroxylation is 1. The zero-order valence-electron chi connectivity index (χ0n) is 16.0. The molecule has 9 nitrogen and oxygen atoms in total. The highest BCUT2D eigenvalue weighted by Gasteiger charge is 2.30. The summed E-state index contributed by atoms with van der Waals surface area (Å²) in [5, 5.41) is 10.3. The summed E-state index contributed by atoms with van der Waals surface area (Å²) >= 11 is 6.27. The predicted octanol–water partition coefficient (Wildman–Crippen LogP) is 1.76. The van der Waals surface area contributed by atoms with E-state index in [0.717, 1.165) is 34.0 Å². The van der Waals surface area contributed by atoms with Crippen molar-refractivity contribution in [1.29, 1.82) is 0 Å². The lowest BCUT2D eigenvalue weighted by molar-refractivity contribution is -0.137. The Hall–Kier alpha value is -3.12. The molecule has 1 amide bonds. The normalized spacial score (nSPS) is 12.0. The van der Waals surface area contributed by atoms with Gasteiger partial charge in [-0.25, -0.2) is 10.5 Å². The summed E-state index contributed by atoms with van der Waals surface area (Å²) in [6.07, 6.45) is -4.54. The van der Waals surface area contributed by atoms with Gasteiger partial charge in [0.25, 0.3) is 11.5 Å². The number of hydrogen-bond acceptors (Lipinski definition) is 6. The van der Waals surface area contributed by atoms with Gasteiger partial charge in [-0.2, -0.15) is 18.3 Å². The molecule has 5 N–H and O–H groups in total. The van der Waals surface area contributed by atoms with Crippen molar-refractivity contribution in [3.63, 3.8) is 0 Å². The predicted molar refractivity (Wildman–Crippen MR) is 105 cm³/mol. The second kappa shape index (κ2) is 9.13. The average Bonchev–Trinajstić information content (AvgIpc) is 2.71. The third-order valence-electron chi connectivity index (χ3n) is 4.07. The number of carbonyl (C=O) groups is 1. The van der Waals surface area contributed by atoms with Gasteiger partial charge in [0.2, 0.25) is 5.96 Å². The fraction of sp³-hybridized carbons (Fsp3) is 0.294.